The van der Waals surface area contributed by atoms with Crippen LogP contribution in [0.2, 0.25) is 0 Å². The lowest BCUT2D eigenvalue weighted by Crippen LogP contribution is -2.55. The minimum Gasteiger partial charge on any atom is -0.467 e. The van der Waals surface area contributed by atoms with Crippen LogP contribution >= 0.6 is 0 Å². The fourth-order valence-electron chi connectivity index (χ4n) is 3.85. The van der Waals surface area contributed by atoms with E-state index in [1.165, 1.54) is 12.0 Å². The molecule has 0 radical (unpaired) electrons. The molecule has 31 heavy (non-hydrogen) atoms. The maximum Gasteiger partial charge on any atom is 0.336 e. The van der Waals surface area contributed by atoms with Crippen molar-refractivity contribution in [1.82, 2.24) is 10.2 Å². The van der Waals surface area contributed by atoms with E-state index >= 15 is 0 Å². The van der Waals surface area contributed by atoms with Crippen molar-refractivity contribution in [3.05, 3.63) is 35.9 Å². The number of nitrogens with zero attached hydrogens (tertiary/aromatic N) is 1. The number of aliphatic hydroxyl groups excluding tert-OH is 1. The highest BCUT2D eigenvalue weighted by atomic mass is 16.5. The number of benzene rings is 1. The summed E-state index contributed by atoms with van der Waals surface area (Å²) in [5, 5.41) is 13.0. The molecule has 0 spiro atoms. The fourth-order valence-corrected chi connectivity index (χ4v) is 3.85. The smallest absolute Gasteiger partial charge is 0.336 e. The number of methoxy groups -OCH3 is 1. The molecule has 1 saturated heterocycles. The highest BCUT2D eigenvalue weighted by Gasteiger charge is 2.38. The Morgan fingerprint density at radius 3 is 2.61 bits per heavy atom. The van der Waals surface area contributed by atoms with Crippen molar-refractivity contribution in [3.63, 3.8) is 0 Å². The molecular weight excluding hydrogens is 400 g/mol. The molecule has 1 fully saturated rings. The molecule has 6 N–H and O–H groups in total. The maximum atomic E-state index is 13.0. The maximum absolute atomic E-state index is 13.0. The third-order valence-corrected chi connectivity index (χ3v) is 5.57. The predicted octanol–water partition coefficient (Wildman–Crippen LogP) is -0.305. The van der Waals surface area contributed by atoms with Crippen molar-refractivity contribution in [2.75, 3.05) is 20.2 Å². The van der Waals surface area contributed by atoms with Gasteiger partial charge in [-0.3, -0.25) is 9.59 Å². The lowest BCUT2D eigenvalue weighted by atomic mass is 10.0. The lowest BCUT2D eigenvalue weighted by Gasteiger charge is -2.29. The second-order valence-corrected chi connectivity index (χ2v) is 7.85. The Balaban J connectivity index is 2.03. The third kappa shape index (κ3) is 7.02. The van der Waals surface area contributed by atoms with E-state index in [2.05, 4.69) is 10.1 Å². The number of nitrogens with two attached hydrogens (primary N) is 2. The quantitative estimate of drug-likeness (QED) is 0.276. The lowest BCUT2D eigenvalue weighted by molar-refractivity contribution is -0.153. The van der Waals surface area contributed by atoms with Crippen LogP contribution < -0.4 is 16.8 Å². The van der Waals surface area contributed by atoms with Gasteiger partial charge in [0.1, 0.15) is 6.04 Å². The second-order valence-electron chi connectivity index (χ2n) is 7.85. The molecule has 0 aromatic heterocycles. The summed E-state index contributed by atoms with van der Waals surface area (Å²) in [7, 11) is 1.18. The number of esters is 1. The van der Waals surface area contributed by atoms with Crippen LogP contribution in [0.25, 0.3) is 0 Å². The van der Waals surface area contributed by atoms with E-state index in [0.717, 1.165) is 5.56 Å². The summed E-state index contributed by atoms with van der Waals surface area (Å²) >= 11 is 0. The van der Waals surface area contributed by atoms with Gasteiger partial charge >= 0.3 is 5.97 Å². The fraction of sp³-hybridized carbons (Fsp3) is 0.591. The minimum absolute atomic E-state index is 0.283. The van der Waals surface area contributed by atoms with Gasteiger partial charge in [0.15, 0.2) is 6.10 Å². The number of amides is 2. The van der Waals surface area contributed by atoms with Gasteiger partial charge in [-0.15, -0.1) is 0 Å². The molecule has 0 saturated carbocycles. The molecule has 172 valence electrons. The molecule has 1 unspecified atom stereocenters. The number of aliphatic hydroxyl groups is 1. The molecule has 2 rings (SSSR count). The van der Waals surface area contributed by atoms with Gasteiger partial charge in [0, 0.05) is 6.54 Å². The standard InChI is InChI=1S/C22H34N4O5/c1-31-22(30)19(27)17(10-5-6-12-23)25-20(28)18-11-7-13-26(18)21(29)16(24)14-15-8-3-2-4-9-15/h2-4,8-9,16-19,27H,5-7,10-14,23-24H2,1H3,(H,25,28)/t16-,17+,18+,19?/m1/s1. The SMILES string of the molecule is COC(=O)C(O)[C@H](CCCCN)NC(=O)[C@@H]1CCCN1C(=O)[C@H](N)Cc1ccccc1. The number of hydrogen-bond donors (Lipinski definition) is 4. The molecule has 1 heterocycles. The van der Waals surface area contributed by atoms with E-state index in [0.29, 0.717) is 51.6 Å². The zero-order chi connectivity index (χ0) is 22.8. The summed E-state index contributed by atoms with van der Waals surface area (Å²) in [6.07, 6.45) is 1.77. The number of ether oxygens (including phenoxy) is 1. The first-order valence-electron chi connectivity index (χ1n) is 10.7. The van der Waals surface area contributed by atoms with Gasteiger partial charge in [-0.05, 0) is 44.2 Å². The zero-order valence-electron chi connectivity index (χ0n) is 18.0. The van der Waals surface area contributed by atoms with Crippen LogP contribution in [0.15, 0.2) is 30.3 Å². The summed E-state index contributed by atoms with van der Waals surface area (Å²) in [5.41, 5.74) is 12.6. The van der Waals surface area contributed by atoms with Gasteiger partial charge in [0.05, 0.1) is 19.2 Å². The zero-order valence-corrected chi connectivity index (χ0v) is 18.0. The molecule has 0 aliphatic carbocycles. The van der Waals surface area contributed by atoms with E-state index in [9.17, 15) is 19.5 Å². The summed E-state index contributed by atoms with van der Waals surface area (Å²) in [4.78, 5) is 39.2. The number of rotatable bonds is 11. The average Bonchev–Trinajstić information content (AvgIpc) is 3.27. The van der Waals surface area contributed by atoms with Gasteiger partial charge in [-0.25, -0.2) is 4.79 Å². The number of likely N-dealkylation sites (tertiary alicyclic amines) is 1. The summed E-state index contributed by atoms with van der Waals surface area (Å²) in [6.45, 7) is 0.913. The summed E-state index contributed by atoms with van der Waals surface area (Å²) in [6, 6.07) is 7.22. The number of unbranched alkanes of at least 4 members (excludes halogenated alkanes) is 1. The normalized spacial score (nSPS) is 18.8. The molecule has 1 aliphatic rings. The Morgan fingerprint density at radius 1 is 1.26 bits per heavy atom. The summed E-state index contributed by atoms with van der Waals surface area (Å²) < 4.78 is 4.61. The Bertz CT molecular complexity index is 730. The molecular formula is C22H34N4O5. The van der Waals surface area contributed by atoms with Crippen LogP contribution in [0.4, 0.5) is 0 Å². The monoisotopic (exact) mass is 434 g/mol. The number of hydrogen-bond acceptors (Lipinski definition) is 7. The molecule has 4 atom stereocenters. The van der Waals surface area contributed by atoms with E-state index in [1.54, 1.807) is 0 Å². The van der Waals surface area contributed by atoms with Crippen molar-refractivity contribution < 1.29 is 24.2 Å². The van der Waals surface area contributed by atoms with Crippen molar-refractivity contribution in [3.8, 4) is 0 Å². The highest BCUT2D eigenvalue weighted by Crippen LogP contribution is 2.20. The van der Waals surface area contributed by atoms with E-state index in [1.807, 2.05) is 30.3 Å². The molecule has 9 heteroatoms. The Labute approximate surface area is 183 Å². The Kier molecular flexibility index (Phi) is 9.90. The Hall–Kier alpha value is -2.49. The topological polar surface area (TPSA) is 148 Å². The van der Waals surface area contributed by atoms with Crippen LogP contribution in [-0.4, -0.2) is 72.2 Å². The van der Waals surface area contributed by atoms with Crippen molar-refractivity contribution >= 4 is 17.8 Å². The molecule has 2 amide bonds. The number of nitrogens with one attached hydrogen (secondary N) is 1. The van der Waals surface area contributed by atoms with Crippen molar-refractivity contribution in [2.45, 2.75) is 62.8 Å². The van der Waals surface area contributed by atoms with Crippen LogP contribution in [0, 0.1) is 0 Å². The predicted molar refractivity (Wildman–Crippen MR) is 116 cm³/mol. The molecule has 1 aliphatic heterocycles. The molecule has 9 nitrogen and oxygen atoms in total. The van der Waals surface area contributed by atoms with Crippen molar-refractivity contribution in [1.29, 1.82) is 0 Å². The van der Waals surface area contributed by atoms with Gasteiger partial charge in [0.25, 0.3) is 0 Å². The number of carbonyl (C=O) groups excluding carboxylic acids is 3. The molecule has 0 bridgehead atoms. The minimum atomic E-state index is -1.49. The van der Waals surface area contributed by atoms with E-state index in [-0.39, 0.29) is 5.91 Å². The first-order chi connectivity index (χ1) is 14.9. The van der Waals surface area contributed by atoms with E-state index in [4.69, 9.17) is 11.5 Å². The molecule has 1 aromatic carbocycles. The van der Waals surface area contributed by atoms with E-state index < -0.39 is 36.1 Å². The van der Waals surface area contributed by atoms with Gasteiger partial charge in [-0.2, -0.15) is 0 Å². The number of carbonyl (C=O) groups is 3. The first-order valence-corrected chi connectivity index (χ1v) is 10.7. The van der Waals surface area contributed by atoms with Crippen LogP contribution in [-0.2, 0) is 25.5 Å². The Morgan fingerprint density at radius 2 is 1.97 bits per heavy atom. The summed E-state index contributed by atoms with van der Waals surface area (Å²) in [5.74, 6) is -1.50. The van der Waals surface area contributed by atoms with Gasteiger partial charge in [-0.1, -0.05) is 36.8 Å². The highest BCUT2D eigenvalue weighted by molar-refractivity contribution is 5.91. The largest absolute Gasteiger partial charge is 0.467 e. The second kappa shape index (κ2) is 12.4. The average molecular weight is 435 g/mol. The van der Waals surface area contributed by atoms with Crippen molar-refractivity contribution in [2.24, 2.45) is 11.5 Å². The third-order valence-electron chi connectivity index (χ3n) is 5.57. The first kappa shape index (κ1) is 24.8. The van der Waals surface area contributed by atoms with Crippen LogP contribution in [0.3, 0.4) is 0 Å². The van der Waals surface area contributed by atoms with Crippen LogP contribution in [0.1, 0.15) is 37.7 Å². The van der Waals surface area contributed by atoms with Gasteiger partial charge in [0.2, 0.25) is 11.8 Å². The van der Waals surface area contributed by atoms with Gasteiger partial charge < -0.3 is 31.5 Å². The molecule has 1 aromatic rings. The van der Waals surface area contributed by atoms with Crippen LogP contribution in [0.5, 0.6) is 0 Å².